The lowest BCUT2D eigenvalue weighted by atomic mass is 10.1. The maximum Gasteiger partial charge on any atom is 0.154 e. The fourth-order valence-corrected chi connectivity index (χ4v) is 3.04. The number of furan rings is 1. The molecule has 0 atom stereocenters. The van der Waals surface area contributed by atoms with Crippen LogP contribution in [-0.4, -0.2) is 10.5 Å². The van der Waals surface area contributed by atoms with Gasteiger partial charge in [0.1, 0.15) is 11.5 Å². The molecule has 0 spiro atoms. The van der Waals surface area contributed by atoms with Gasteiger partial charge in [-0.1, -0.05) is 84.1 Å². The highest BCUT2D eigenvalue weighted by atomic mass is 32.2. The number of rotatable bonds is 5. The van der Waals surface area contributed by atoms with E-state index in [9.17, 15) is 0 Å². The van der Waals surface area contributed by atoms with Gasteiger partial charge >= 0.3 is 0 Å². The third kappa shape index (κ3) is 5.31. The van der Waals surface area contributed by atoms with Gasteiger partial charge in [0.2, 0.25) is 0 Å². The molecule has 0 aliphatic carbocycles. The van der Waals surface area contributed by atoms with Crippen molar-refractivity contribution in [2.75, 3.05) is 0 Å². The quantitative estimate of drug-likeness (QED) is 0.373. The molecule has 0 saturated heterocycles. The molecule has 2 aromatic carbocycles. The summed E-state index contributed by atoms with van der Waals surface area (Å²) in [4.78, 5) is 0. The third-order valence-corrected chi connectivity index (χ3v) is 4.80. The first-order valence-electron chi connectivity index (χ1n) is 7.87. The Morgan fingerprint density at radius 2 is 1.84 bits per heavy atom. The van der Waals surface area contributed by atoms with Crippen LogP contribution in [0.1, 0.15) is 16.9 Å². The summed E-state index contributed by atoms with van der Waals surface area (Å²) in [6, 6.07) is 22.2. The molecule has 3 aromatic rings. The van der Waals surface area contributed by atoms with Crippen molar-refractivity contribution in [3.8, 4) is 11.3 Å². The molecule has 3 rings (SSSR count). The van der Waals surface area contributed by atoms with Crippen LogP contribution in [0.15, 0.2) is 76.2 Å². The summed E-state index contributed by atoms with van der Waals surface area (Å²) >= 11 is 6.81. The minimum atomic E-state index is 0.630. The smallest absolute Gasteiger partial charge is 0.154 e. The van der Waals surface area contributed by atoms with Gasteiger partial charge < -0.3 is 4.42 Å². The highest BCUT2D eigenvalue weighted by Gasteiger charge is 2.03. The number of nitrogens with zero attached hydrogens (tertiary/aromatic N) is 1. The second kappa shape index (κ2) is 8.65. The van der Waals surface area contributed by atoms with E-state index in [2.05, 4.69) is 41.7 Å². The van der Waals surface area contributed by atoms with Crippen molar-refractivity contribution in [2.24, 2.45) is 5.10 Å². The summed E-state index contributed by atoms with van der Waals surface area (Å²) in [5.41, 5.74) is 6.37. The minimum absolute atomic E-state index is 0.630. The first-order chi connectivity index (χ1) is 12.2. The van der Waals surface area contributed by atoms with Gasteiger partial charge in [0.25, 0.3) is 0 Å². The summed E-state index contributed by atoms with van der Waals surface area (Å²) in [5.74, 6) is 2.32. The van der Waals surface area contributed by atoms with Crippen molar-refractivity contribution in [3.05, 3.63) is 83.6 Å². The fourth-order valence-electron chi connectivity index (χ4n) is 2.20. The summed E-state index contributed by atoms with van der Waals surface area (Å²) in [5, 5.41) is 4.14. The number of thioether (sulfide) groups is 1. The van der Waals surface area contributed by atoms with Crippen LogP contribution in [0.3, 0.4) is 0 Å². The van der Waals surface area contributed by atoms with Gasteiger partial charge in [-0.25, -0.2) is 0 Å². The molecule has 0 saturated carbocycles. The monoisotopic (exact) mass is 366 g/mol. The Hall–Kier alpha value is -2.37. The first kappa shape index (κ1) is 17.5. The predicted octanol–water partition coefficient (Wildman–Crippen LogP) is 5.40. The van der Waals surface area contributed by atoms with Crippen LogP contribution in [-0.2, 0) is 5.75 Å². The molecule has 1 N–H and O–H groups in total. The molecule has 0 amide bonds. The van der Waals surface area contributed by atoms with Gasteiger partial charge in [0, 0.05) is 11.3 Å². The van der Waals surface area contributed by atoms with Crippen LogP contribution in [0.5, 0.6) is 0 Å². The highest BCUT2D eigenvalue weighted by Crippen LogP contribution is 2.21. The zero-order valence-corrected chi connectivity index (χ0v) is 15.4. The van der Waals surface area contributed by atoms with Crippen molar-refractivity contribution in [1.82, 2.24) is 5.43 Å². The van der Waals surface area contributed by atoms with E-state index in [0.717, 1.165) is 17.1 Å². The van der Waals surface area contributed by atoms with E-state index >= 15 is 0 Å². The van der Waals surface area contributed by atoms with Crippen molar-refractivity contribution in [3.63, 3.8) is 0 Å². The van der Waals surface area contributed by atoms with Crippen molar-refractivity contribution in [1.29, 1.82) is 0 Å². The van der Waals surface area contributed by atoms with Gasteiger partial charge in [-0.15, -0.1) is 0 Å². The number of hydrazone groups is 1. The Balaban J connectivity index is 1.50. The van der Waals surface area contributed by atoms with Gasteiger partial charge in [-0.05, 0) is 24.6 Å². The molecule has 1 aromatic heterocycles. The van der Waals surface area contributed by atoms with E-state index in [1.54, 1.807) is 18.0 Å². The van der Waals surface area contributed by atoms with Crippen LogP contribution in [0.25, 0.3) is 11.3 Å². The van der Waals surface area contributed by atoms with Gasteiger partial charge in [0.15, 0.2) is 4.32 Å². The average molecular weight is 367 g/mol. The van der Waals surface area contributed by atoms with Crippen LogP contribution in [0.2, 0.25) is 0 Å². The number of benzene rings is 2. The number of thiocarbonyl (C=S) groups is 1. The molecule has 0 bridgehead atoms. The highest BCUT2D eigenvalue weighted by molar-refractivity contribution is 8.22. The SMILES string of the molecule is Cc1ccc(-c2ccc(/C=N/NC(=S)SCc3ccccc3)o2)cc1. The molecule has 3 nitrogen and oxygen atoms in total. The van der Waals surface area contributed by atoms with Crippen molar-refractivity contribution >= 4 is 34.5 Å². The van der Waals surface area contributed by atoms with Crippen LogP contribution >= 0.6 is 24.0 Å². The van der Waals surface area contributed by atoms with Crippen LogP contribution in [0.4, 0.5) is 0 Å². The third-order valence-electron chi connectivity index (χ3n) is 3.52. The molecule has 0 unspecified atom stereocenters. The molecule has 0 fully saturated rings. The average Bonchev–Trinajstić information content (AvgIpc) is 3.10. The zero-order valence-electron chi connectivity index (χ0n) is 13.8. The summed E-state index contributed by atoms with van der Waals surface area (Å²) < 4.78 is 6.41. The number of nitrogens with one attached hydrogen (secondary N) is 1. The Labute approximate surface area is 157 Å². The maximum atomic E-state index is 5.78. The Kier molecular flexibility index (Phi) is 6.04. The number of hydrogen-bond donors (Lipinski definition) is 1. The first-order valence-corrected chi connectivity index (χ1v) is 9.27. The van der Waals surface area contributed by atoms with E-state index in [1.165, 1.54) is 11.1 Å². The molecule has 0 aliphatic heterocycles. The normalized spacial score (nSPS) is 10.9. The molecular formula is C20H18N2OS2. The Morgan fingerprint density at radius 1 is 1.08 bits per heavy atom. The largest absolute Gasteiger partial charge is 0.455 e. The zero-order chi connectivity index (χ0) is 17.5. The standard InChI is InChI=1S/C20H18N2OS2/c1-15-7-9-17(10-8-15)19-12-11-18(23-19)13-21-22-20(24)25-14-16-5-3-2-4-6-16/h2-13H,14H2,1H3,(H,22,24)/b21-13+. The summed E-state index contributed by atoms with van der Waals surface area (Å²) in [7, 11) is 0. The molecule has 126 valence electrons. The van der Waals surface area contributed by atoms with E-state index in [-0.39, 0.29) is 0 Å². The fraction of sp³-hybridized carbons (Fsp3) is 0.100. The van der Waals surface area contributed by atoms with E-state index in [1.807, 2.05) is 42.5 Å². The molecular weight excluding hydrogens is 348 g/mol. The number of aryl methyl sites for hydroxylation is 1. The van der Waals surface area contributed by atoms with E-state index in [0.29, 0.717) is 10.1 Å². The van der Waals surface area contributed by atoms with Gasteiger partial charge in [-0.3, -0.25) is 5.43 Å². The topological polar surface area (TPSA) is 37.5 Å². The predicted molar refractivity (Wildman–Crippen MR) is 110 cm³/mol. The van der Waals surface area contributed by atoms with E-state index in [4.69, 9.17) is 16.6 Å². The molecule has 1 heterocycles. The van der Waals surface area contributed by atoms with E-state index < -0.39 is 0 Å². The van der Waals surface area contributed by atoms with Crippen molar-refractivity contribution < 1.29 is 4.42 Å². The molecule has 0 radical (unpaired) electrons. The summed E-state index contributed by atoms with van der Waals surface area (Å²) in [6.45, 7) is 2.06. The van der Waals surface area contributed by atoms with Crippen LogP contribution < -0.4 is 5.43 Å². The lowest BCUT2D eigenvalue weighted by molar-refractivity contribution is 0.574. The second-order valence-corrected chi connectivity index (χ2v) is 7.15. The molecule has 25 heavy (non-hydrogen) atoms. The Morgan fingerprint density at radius 3 is 2.60 bits per heavy atom. The lowest BCUT2D eigenvalue weighted by Crippen LogP contribution is -2.11. The Bertz CT molecular complexity index is 855. The second-order valence-electron chi connectivity index (χ2n) is 5.50. The lowest BCUT2D eigenvalue weighted by Gasteiger charge is -2.02. The van der Waals surface area contributed by atoms with Crippen LogP contribution in [0, 0.1) is 6.92 Å². The number of hydrogen-bond acceptors (Lipinski definition) is 4. The van der Waals surface area contributed by atoms with Crippen molar-refractivity contribution in [2.45, 2.75) is 12.7 Å². The molecule has 5 heteroatoms. The van der Waals surface area contributed by atoms with Gasteiger partial charge in [-0.2, -0.15) is 5.10 Å². The van der Waals surface area contributed by atoms with Gasteiger partial charge in [0.05, 0.1) is 6.21 Å². The maximum absolute atomic E-state index is 5.78. The molecule has 0 aliphatic rings. The summed E-state index contributed by atoms with van der Waals surface area (Å²) in [6.07, 6.45) is 1.63. The minimum Gasteiger partial charge on any atom is -0.455 e.